The summed E-state index contributed by atoms with van der Waals surface area (Å²) >= 11 is 0. The fourth-order valence-electron chi connectivity index (χ4n) is 2.55. The average molecular weight is 373 g/mol. The summed E-state index contributed by atoms with van der Waals surface area (Å²) in [6.07, 6.45) is -1.22. The van der Waals surface area contributed by atoms with Crippen LogP contribution in [0.25, 0.3) is 0 Å². The van der Waals surface area contributed by atoms with Gasteiger partial charge in [-0.2, -0.15) is 0 Å². The summed E-state index contributed by atoms with van der Waals surface area (Å²) in [6.45, 7) is 7.38. The van der Waals surface area contributed by atoms with Crippen LogP contribution in [0.5, 0.6) is 0 Å². The van der Waals surface area contributed by atoms with Crippen molar-refractivity contribution in [2.75, 3.05) is 13.2 Å². The number of esters is 2. The van der Waals surface area contributed by atoms with Gasteiger partial charge in [-0.3, -0.25) is 14.4 Å². The molecule has 0 aliphatic carbocycles. The maximum atomic E-state index is 11.5. The first-order valence-corrected chi connectivity index (χ1v) is 8.40. The number of aliphatic hydroxyl groups is 1. The molecule has 5 atom stereocenters. The number of ether oxygens (including phenoxy) is 4. The van der Waals surface area contributed by atoms with Crippen LogP contribution < -0.4 is 5.32 Å². The van der Waals surface area contributed by atoms with Crippen molar-refractivity contribution in [1.29, 1.82) is 0 Å². The Morgan fingerprint density at radius 1 is 1.23 bits per heavy atom. The second-order valence-electron chi connectivity index (χ2n) is 5.94. The molecule has 1 aliphatic rings. The molecule has 0 aromatic heterocycles. The van der Waals surface area contributed by atoms with E-state index in [0.717, 1.165) is 6.42 Å². The Morgan fingerprint density at radius 3 is 2.46 bits per heavy atom. The lowest BCUT2D eigenvalue weighted by Gasteiger charge is -2.43. The van der Waals surface area contributed by atoms with Gasteiger partial charge in [-0.05, 0) is 12.8 Å². The summed E-state index contributed by atoms with van der Waals surface area (Å²) in [4.78, 5) is 33.9. The van der Waals surface area contributed by atoms with Gasteiger partial charge in [-0.1, -0.05) is 6.08 Å². The quantitative estimate of drug-likeness (QED) is 0.331. The predicted molar refractivity (Wildman–Crippen MR) is 89.8 cm³/mol. The number of amides is 1. The second kappa shape index (κ2) is 10.9. The van der Waals surface area contributed by atoms with Crippen molar-refractivity contribution in [3.63, 3.8) is 0 Å². The maximum Gasteiger partial charge on any atom is 0.303 e. The zero-order valence-electron chi connectivity index (χ0n) is 15.3. The molecule has 26 heavy (non-hydrogen) atoms. The lowest BCUT2D eigenvalue weighted by atomic mass is 9.96. The normalized spacial score (nSPS) is 28.1. The van der Waals surface area contributed by atoms with Crippen LogP contribution in [0.15, 0.2) is 12.7 Å². The van der Waals surface area contributed by atoms with Gasteiger partial charge >= 0.3 is 11.9 Å². The molecule has 0 aromatic carbocycles. The Labute approximate surface area is 152 Å². The fourth-order valence-corrected chi connectivity index (χ4v) is 2.55. The van der Waals surface area contributed by atoms with Gasteiger partial charge in [-0.15, -0.1) is 6.58 Å². The molecule has 0 saturated carbocycles. The molecular weight excluding hydrogens is 346 g/mol. The van der Waals surface area contributed by atoms with Crippen molar-refractivity contribution >= 4 is 17.8 Å². The molecule has 1 amide bonds. The number of allylic oxidation sites excluding steroid dienone is 1. The summed E-state index contributed by atoms with van der Waals surface area (Å²) in [7, 11) is 0. The van der Waals surface area contributed by atoms with Crippen molar-refractivity contribution in [2.24, 2.45) is 0 Å². The molecule has 0 radical (unpaired) electrons. The number of hydrogen-bond acceptors (Lipinski definition) is 8. The van der Waals surface area contributed by atoms with Gasteiger partial charge in [0, 0.05) is 20.8 Å². The van der Waals surface area contributed by atoms with Gasteiger partial charge in [0.25, 0.3) is 0 Å². The lowest BCUT2D eigenvalue weighted by molar-refractivity contribution is -0.274. The number of carbonyl (C=O) groups is 3. The molecule has 1 saturated heterocycles. The Hall–Kier alpha value is -1.97. The van der Waals surface area contributed by atoms with Crippen LogP contribution >= 0.6 is 0 Å². The zero-order chi connectivity index (χ0) is 19.7. The summed E-state index contributed by atoms with van der Waals surface area (Å²) in [5, 5.41) is 13.2. The van der Waals surface area contributed by atoms with Crippen LogP contribution in [0.3, 0.4) is 0 Å². The van der Waals surface area contributed by atoms with Crippen molar-refractivity contribution in [2.45, 2.75) is 64.3 Å². The summed E-state index contributed by atoms with van der Waals surface area (Å²) in [6, 6.07) is -0.950. The van der Waals surface area contributed by atoms with Crippen LogP contribution in [0.4, 0.5) is 0 Å². The van der Waals surface area contributed by atoms with Gasteiger partial charge in [0.2, 0.25) is 5.91 Å². The standard InChI is InChI=1S/C17H27NO8/c1-5-6-7-8-23-17-14(18-10(2)19)15(22)16(25-12(4)21)13(26-17)9-24-11(3)20/h5,13-17,22H,1,6-9H2,2-4H3,(H,18,19)/t13-,14+,15-,16-,17+/m1/s1. The van der Waals surface area contributed by atoms with Crippen LogP contribution in [0.1, 0.15) is 33.6 Å². The van der Waals surface area contributed by atoms with E-state index in [-0.39, 0.29) is 6.61 Å². The summed E-state index contributed by atoms with van der Waals surface area (Å²) in [5.74, 6) is -1.59. The molecule has 148 valence electrons. The first-order chi connectivity index (χ1) is 12.3. The molecule has 0 bridgehead atoms. The topological polar surface area (TPSA) is 120 Å². The molecule has 1 rings (SSSR count). The highest BCUT2D eigenvalue weighted by Crippen LogP contribution is 2.25. The van der Waals surface area contributed by atoms with Crippen LogP contribution in [-0.4, -0.2) is 66.8 Å². The second-order valence-corrected chi connectivity index (χ2v) is 5.94. The number of unbranched alkanes of at least 4 members (excludes halogenated alkanes) is 1. The van der Waals surface area contributed by atoms with Crippen molar-refractivity contribution in [3.8, 4) is 0 Å². The van der Waals surface area contributed by atoms with Crippen molar-refractivity contribution in [3.05, 3.63) is 12.7 Å². The highest BCUT2D eigenvalue weighted by molar-refractivity contribution is 5.73. The summed E-state index contributed by atoms with van der Waals surface area (Å²) < 4.78 is 21.4. The third-order valence-electron chi connectivity index (χ3n) is 3.63. The van der Waals surface area contributed by atoms with Crippen molar-refractivity contribution < 1.29 is 38.4 Å². The predicted octanol–water partition coefficient (Wildman–Crippen LogP) is 0.0545. The van der Waals surface area contributed by atoms with Gasteiger partial charge in [-0.25, -0.2) is 0 Å². The zero-order valence-corrected chi connectivity index (χ0v) is 15.3. The fraction of sp³-hybridized carbons (Fsp3) is 0.706. The van der Waals surface area contributed by atoms with E-state index in [2.05, 4.69) is 11.9 Å². The minimum Gasteiger partial charge on any atom is -0.463 e. The van der Waals surface area contributed by atoms with E-state index in [4.69, 9.17) is 18.9 Å². The number of hydrogen-bond donors (Lipinski definition) is 2. The van der Waals surface area contributed by atoms with Crippen LogP contribution in [0.2, 0.25) is 0 Å². The van der Waals surface area contributed by atoms with E-state index in [1.54, 1.807) is 6.08 Å². The molecule has 9 nitrogen and oxygen atoms in total. The van der Waals surface area contributed by atoms with E-state index in [9.17, 15) is 19.5 Å². The third kappa shape index (κ3) is 7.11. The van der Waals surface area contributed by atoms with Gasteiger partial charge in [0.15, 0.2) is 12.4 Å². The molecule has 0 spiro atoms. The SMILES string of the molecule is C=CCCCO[C@H]1O[C@H](COC(C)=O)[C@@H](OC(C)=O)[C@H](O)[C@@H]1NC(C)=O. The third-order valence-corrected chi connectivity index (χ3v) is 3.63. The molecule has 0 aromatic rings. The average Bonchev–Trinajstić information content (AvgIpc) is 2.54. The Balaban J connectivity index is 2.94. The first-order valence-electron chi connectivity index (χ1n) is 8.40. The van der Waals surface area contributed by atoms with E-state index in [0.29, 0.717) is 13.0 Å². The largest absolute Gasteiger partial charge is 0.463 e. The number of rotatable bonds is 9. The van der Waals surface area contributed by atoms with Gasteiger partial charge in [0.1, 0.15) is 24.9 Å². The molecule has 1 aliphatic heterocycles. The van der Waals surface area contributed by atoms with Crippen molar-refractivity contribution in [1.82, 2.24) is 5.32 Å². The van der Waals surface area contributed by atoms with E-state index in [1.165, 1.54) is 20.8 Å². The Bertz CT molecular complexity index is 507. The highest BCUT2D eigenvalue weighted by Gasteiger charge is 2.48. The lowest BCUT2D eigenvalue weighted by Crippen LogP contribution is -2.65. The number of nitrogens with one attached hydrogen (secondary N) is 1. The van der Waals surface area contributed by atoms with E-state index in [1.807, 2.05) is 0 Å². The maximum absolute atomic E-state index is 11.5. The summed E-state index contributed by atoms with van der Waals surface area (Å²) in [5.41, 5.74) is 0. The van der Waals surface area contributed by atoms with E-state index < -0.39 is 48.5 Å². The molecule has 0 unspecified atom stereocenters. The monoisotopic (exact) mass is 373 g/mol. The minimum atomic E-state index is -1.30. The molecular formula is C17H27NO8. The van der Waals surface area contributed by atoms with Crippen LogP contribution in [0, 0.1) is 0 Å². The minimum absolute atomic E-state index is 0.232. The molecule has 2 N–H and O–H groups in total. The molecule has 9 heteroatoms. The Kier molecular flexibility index (Phi) is 9.25. The Morgan fingerprint density at radius 2 is 1.92 bits per heavy atom. The van der Waals surface area contributed by atoms with Gasteiger partial charge < -0.3 is 29.4 Å². The smallest absolute Gasteiger partial charge is 0.303 e. The number of carbonyl (C=O) groups excluding carboxylic acids is 3. The molecule has 1 heterocycles. The highest BCUT2D eigenvalue weighted by atomic mass is 16.7. The van der Waals surface area contributed by atoms with Crippen LogP contribution in [-0.2, 0) is 33.3 Å². The first kappa shape index (κ1) is 22.1. The molecule has 1 fully saturated rings. The van der Waals surface area contributed by atoms with E-state index >= 15 is 0 Å². The van der Waals surface area contributed by atoms with Gasteiger partial charge in [0.05, 0.1) is 6.61 Å². The number of aliphatic hydroxyl groups excluding tert-OH is 1.